The van der Waals surface area contributed by atoms with E-state index in [1.54, 1.807) is 28.0 Å². The van der Waals surface area contributed by atoms with Crippen molar-refractivity contribution < 1.29 is 4.79 Å². The number of carbonyl (C=O) groups excluding carboxylic acids is 1. The first kappa shape index (κ1) is 17.2. The summed E-state index contributed by atoms with van der Waals surface area (Å²) in [5.41, 5.74) is 2.84. The lowest BCUT2D eigenvalue weighted by Gasteiger charge is -2.27. The molecule has 0 N–H and O–H groups in total. The van der Waals surface area contributed by atoms with Crippen molar-refractivity contribution >= 4 is 5.91 Å². The van der Waals surface area contributed by atoms with Gasteiger partial charge in [-0.05, 0) is 25.0 Å². The molecule has 138 valence electrons. The summed E-state index contributed by atoms with van der Waals surface area (Å²) < 4.78 is 3.78. The van der Waals surface area contributed by atoms with Crippen molar-refractivity contribution in [3.8, 4) is 0 Å². The van der Waals surface area contributed by atoms with Crippen LogP contribution in [0.15, 0.2) is 53.6 Å². The first-order chi connectivity index (χ1) is 13.2. The number of carbonyl (C=O) groups is 1. The van der Waals surface area contributed by atoms with Crippen LogP contribution < -0.4 is 5.56 Å². The maximum absolute atomic E-state index is 13.0. The number of hydrogen-bond donors (Lipinski definition) is 0. The van der Waals surface area contributed by atoms with Crippen LogP contribution in [-0.2, 0) is 26.1 Å². The van der Waals surface area contributed by atoms with Gasteiger partial charge in [-0.15, -0.1) is 0 Å². The molecule has 1 aromatic carbocycles. The summed E-state index contributed by atoms with van der Waals surface area (Å²) >= 11 is 0. The molecule has 0 spiro atoms. The normalized spacial score (nSPS) is 13.4. The van der Waals surface area contributed by atoms with Gasteiger partial charge in [0.05, 0.1) is 18.8 Å². The van der Waals surface area contributed by atoms with Crippen molar-refractivity contribution in [2.75, 3.05) is 6.54 Å². The second-order valence-corrected chi connectivity index (χ2v) is 6.54. The molecule has 4 rings (SSSR count). The minimum Gasteiger partial charge on any atom is -0.330 e. The second kappa shape index (κ2) is 7.19. The Hall–Kier alpha value is -3.22. The monoisotopic (exact) mass is 363 g/mol. The first-order valence-corrected chi connectivity index (χ1v) is 9.10. The smallest absolute Gasteiger partial charge is 0.292 e. The highest BCUT2D eigenvalue weighted by molar-refractivity contribution is 5.90. The van der Waals surface area contributed by atoms with E-state index in [9.17, 15) is 9.59 Å². The Morgan fingerprint density at radius 2 is 1.81 bits per heavy atom. The molecule has 7 heteroatoms. The Kier molecular flexibility index (Phi) is 4.58. The number of benzene rings is 1. The van der Waals surface area contributed by atoms with E-state index in [1.165, 1.54) is 0 Å². The van der Waals surface area contributed by atoms with E-state index < -0.39 is 0 Å². The van der Waals surface area contributed by atoms with Gasteiger partial charge in [0, 0.05) is 31.0 Å². The van der Waals surface area contributed by atoms with Crippen molar-refractivity contribution in [2.45, 2.75) is 33.0 Å². The SMILES string of the molecule is CCn1c2c(c(=O)n1Cc1ccccc1)CCN(C(=O)c1ncccn1)C2. The lowest BCUT2D eigenvalue weighted by atomic mass is 10.1. The van der Waals surface area contributed by atoms with Gasteiger partial charge in [0.1, 0.15) is 0 Å². The molecular formula is C20H21N5O2. The number of fused-ring (bicyclic) bond motifs is 1. The molecular weight excluding hydrogens is 342 g/mol. The van der Waals surface area contributed by atoms with Crippen molar-refractivity contribution in [2.24, 2.45) is 0 Å². The average molecular weight is 363 g/mol. The van der Waals surface area contributed by atoms with Gasteiger partial charge in [-0.3, -0.25) is 14.3 Å². The molecule has 3 heterocycles. The van der Waals surface area contributed by atoms with E-state index in [-0.39, 0.29) is 17.3 Å². The van der Waals surface area contributed by atoms with Crippen LogP contribution in [0, 0.1) is 0 Å². The van der Waals surface area contributed by atoms with Crippen LogP contribution in [0.1, 0.15) is 34.4 Å². The number of nitrogens with zero attached hydrogens (tertiary/aromatic N) is 5. The number of hydrogen-bond acceptors (Lipinski definition) is 4. The molecule has 0 atom stereocenters. The van der Waals surface area contributed by atoms with Gasteiger partial charge in [0.2, 0.25) is 5.82 Å². The Balaban J connectivity index is 1.66. The zero-order chi connectivity index (χ0) is 18.8. The minimum absolute atomic E-state index is 0.0405. The third kappa shape index (κ3) is 3.16. The van der Waals surface area contributed by atoms with E-state index in [0.29, 0.717) is 32.6 Å². The van der Waals surface area contributed by atoms with Gasteiger partial charge in [0.25, 0.3) is 11.5 Å². The standard InChI is InChI=1S/C20H21N5O2/c1-2-24-17-14-23(20(27)18-21-10-6-11-22-18)12-9-16(17)19(26)25(24)13-15-7-4-3-5-8-15/h3-8,10-11H,2,9,12-14H2,1H3. The molecule has 0 aliphatic carbocycles. The van der Waals surface area contributed by atoms with Crippen LogP contribution in [0.4, 0.5) is 0 Å². The summed E-state index contributed by atoms with van der Waals surface area (Å²) in [4.78, 5) is 35.5. The number of amides is 1. The Bertz CT molecular complexity index is 1010. The molecule has 0 saturated heterocycles. The van der Waals surface area contributed by atoms with E-state index in [4.69, 9.17) is 0 Å². The minimum atomic E-state index is -0.202. The van der Waals surface area contributed by atoms with E-state index >= 15 is 0 Å². The maximum Gasteiger partial charge on any atom is 0.292 e. The van der Waals surface area contributed by atoms with Crippen LogP contribution in [0.5, 0.6) is 0 Å². The molecule has 27 heavy (non-hydrogen) atoms. The molecule has 0 saturated carbocycles. The van der Waals surface area contributed by atoms with Crippen molar-refractivity contribution in [1.29, 1.82) is 0 Å². The van der Waals surface area contributed by atoms with Crippen LogP contribution in [0.3, 0.4) is 0 Å². The highest BCUT2D eigenvalue weighted by Gasteiger charge is 2.29. The summed E-state index contributed by atoms with van der Waals surface area (Å²) in [6, 6.07) is 11.6. The molecule has 1 aliphatic heterocycles. The summed E-state index contributed by atoms with van der Waals surface area (Å²) in [6.07, 6.45) is 3.68. The first-order valence-electron chi connectivity index (χ1n) is 9.10. The maximum atomic E-state index is 13.0. The molecule has 3 aromatic rings. The molecule has 0 radical (unpaired) electrons. The predicted octanol–water partition coefficient (Wildman–Crippen LogP) is 1.71. The highest BCUT2D eigenvalue weighted by atomic mass is 16.2. The summed E-state index contributed by atoms with van der Waals surface area (Å²) in [5.74, 6) is -0.0118. The van der Waals surface area contributed by atoms with Gasteiger partial charge in [0.15, 0.2) is 0 Å². The van der Waals surface area contributed by atoms with Crippen molar-refractivity contribution in [1.82, 2.24) is 24.2 Å². The molecule has 2 aromatic heterocycles. The molecule has 1 amide bonds. The largest absolute Gasteiger partial charge is 0.330 e. The summed E-state index contributed by atoms with van der Waals surface area (Å²) in [7, 11) is 0. The number of aromatic nitrogens is 4. The lowest BCUT2D eigenvalue weighted by Crippen LogP contribution is -2.38. The Labute approximate surface area is 156 Å². The van der Waals surface area contributed by atoms with Crippen LogP contribution in [0.2, 0.25) is 0 Å². The van der Waals surface area contributed by atoms with Gasteiger partial charge >= 0.3 is 0 Å². The fourth-order valence-corrected chi connectivity index (χ4v) is 3.62. The van der Waals surface area contributed by atoms with E-state index in [2.05, 4.69) is 9.97 Å². The van der Waals surface area contributed by atoms with Crippen LogP contribution >= 0.6 is 0 Å². The third-order valence-corrected chi connectivity index (χ3v) is 4.94. The predicted molar refractivity (Wildman–Crippen MR) is 100 cm³/mol. The van der Waals surface area contributed by atoms with Crippen molar-refractivity contribution in [3.63, 3.8) is 0 Å². The zero-order valence-electron chi connectivity index (χ0n) is 15.2. The second-order valence-electron chi connectivity index (χ2n) is 6.54. The fourth-order valence-electron chi connectivity index (χ4n) is 3.62. The summed E-state index contributed by atoms with van der Waals surface area (Å²) in [6.45, 7) is 4.11. The molecule has 0 bridgehead atoms. The van der Waals surface area contributed by atoms with Gasteiger partial charge in [-0.1, -0.05) is 30.3 Å². The highest BCUT2D eigenvalue weighted by Crippen LogP contribution is 2.19. The van der Waals surface area contributed by atoms with Crippen LogP contribution in [-0.4, -0.2) is 36.7 Å². The average Bonchev–Trinajstić information content (AvgIpc) is 2.99. The topological polar surface area (TPSA) is 73.0 Å². The van der Waals surface area contributed by atoms with E-state index in [0.717, 1.165) is 16.8 Å². The van der Waals surface area contributed by atoms with Gasteiger partial charge in [-0.25, -0.2) is 14.6 Å². The van der Waals surface area contributed by atoms with Gasteiger partial charge < -0.3 is 4.90 Å². The Morgan fingerprint density at radius 1 is 1.07 bits per heavy atom. The van der Waals surface area contributed by atoms with Crippen molar-refractivity contribution in [3.05, 3.63) is 81.8 Å². The molecule has 0 unspecified atom stereocenters. The van der Waals surface area contributed by atoms with Gasteiger partial charge in [-0.2, -0.15) is 0 Å². The third-order valence-electron chi connectivity index (χ3n) is 4.94. The zero-order valence-corrected chi connectivity index (χ0v) is 15.2. The lowest BCUT2D eigenvalue weighted by molar-refractivity contribution is 0.0716. The quantitative estimate of drug-likeness (QED) is 0.707. The fraction of sp³-hybridized carbons (Fsp3) is 0.300. The molecule has 1 aliphatic rings. The van der Waals surface area contributed by atoms with Crippen LogP contribution in [0.25, 0.3) is 0 Å². The van der Waals surface area contributed by atoms with E-state index in [1.807, 2.05) is 41.9 Å². The Morgan fingerprint density at radius 3 is 2.52 bits per heavy atom. The number of rotatable bonds is 4. The summed E-state index contributed by atoms with van der Waals surface area (Å²) in [5, 5.41) is 0. The molecule has 0 fully saturated rings. The molecule has 7 nitrogen and oxygen atoms in total.